The van der Waals surface area contributed by atoms with Crippen LogP contribution in [-0.2, 0) is 0 Å². The highest BCUT2D eigenvalue weighted by molar-refractivity contribution is 5.30. The van der Waals surface area contributed by atoms with E-state index in [0.29, 0.717) is 17.7 Å². The van der Waals surface area contributed by atoms with Crippen molar-refractivity contribution < 1.29 is 9.84 Å². The van der Waals surface area contributed by atoms with Gasteiger partial charge in [0.1, 0.15) is 0 Å². The molecule has 0 fully saturated rings. The highest BCUT2D eigenvalue weighted by atomic mass is 16.5. The smallest absolute Gasteiger partial charge is 0.226 e. The topological polar surface area (TPSA) is 67.3 Å². The Morgan fingerprint density at radius 1 is 1.47 bits per heavy atom. The Labute approximate surface area is 102 Å². The van der Waals surface area contributed by atoms with Gasteiger partial charge in [0, 0.05) is 24.9 Å². The van der Waals surface area contributed by atoms with Crippen LogP contribution in [0.4, 0.5) is 5.95 Å². The predicted molar refractivity (Wildman–Crippen MR) is 67.3 cm³/mol. The lowest BCUT2D eigenvalue weighted by molar-refractivity contribution is 0.258. The van der Waals surface area contributed by atoms with E-state index < -0.39 is 0 Å². The number of aliphatic hydroxyl groups excluding tert-OH is 1. The van der Waals surface area contributed by atoms with Crippen molar-refractivity contribution in [3.8, 4) is 5.88 Å². The first-order chi connectivity index (χ1) is 8.19. The summed E-state index contributed by atoms with van der Waals surface area (Å²) in [6.45, 7) is 5.00. The maximum Gasteiger partial charge on any atom is 0.226 e. The second-order valence-electron chi connectivity index (χ2n) is 4.04. The molecule has 0 bridgehead atoms. The van der Waals surface area contributed by atoms with Crippen LogP contribution in [0.25, 0.3) is 0 Å². The zero-order valence-electron chi connectivity index (χ0n) is 10.7. The van der Waals surface area contributed by atoms with Crippen LogP contribution >= 0.6 is 0 Å². The Balaban J connectivity index is 2.58. The van der Waals surface area contributed by atoms with Crippen LogP contribution in [0.3, 0.4) is 0 Å². The average molecular weight is 239 g/mol. The van der Waals surface area contributed by atoms with Gasteiger partial charge in [-0.05, 0) is 19.3 Å². The molecule has 0 radical (unpaired) electrons. The van der Waals surface area contributed by atoms with Crippen LogP contribution in [0.5, 0.6) is 5.88 Å². The zero-order chi connectivity index (χ0) is 12.7. The minimum atomic E-state index is 0.220. The minimum Gasteiger partial charge on any atom is -0.481 e. The van der Waals surface area contributed by atoms with Crippen LogP contribution in [0.15, 0.2) is 6.07 Å². The second-order valence-corrected chi connectivity index (χ2v) is 4.04. The molecule has 5 heteroatoms. The van der Waals surface area contributed by atoms with Gasteiger partial charge >= 0.3 is 0 Å². The first kappa shape index (κ1) is 13.7. The summed E-state index contributed by atoms with van der Waals surface area (Å²) in [6.07, 6.45) is 1.82. The molecule has 96 valence electrons. The van der Waals surface area contributed by atoms with Crippen molar-refractivity contribution in [1.29, 1.82) is 0 Å². The number of aromatic nitrogens is 2. The number of nitrogens with one attached hydrogen (secondary N) is 1. The van der Waals surface area contributed by atoms with Crippen molar-refractivity contribution in [2.75, 3.05) is 25.6 Å². The number of nitrogens with zero attached hydrogens (tertiary/aromatic N) is 2. The standard InChI is InChI=1S/C12H21N3O2/c1-4-10(5-6-16)8-13-12-14-9(2)7-11(15-12)17-3/h7,10,16H,4-6,8H2,1-3H3,(H,13,14,15). The van der Waals surface area contributed by atoms with Crippen LogP contribution in [0.1, 0.15) is 25.5 Å². The molecule has 0 saturated heterocycles. The minimum absolute atomic E-state index is 0.220. The summed E-state index contributed by atoms with van der Waals surface area (Å²) in [7, 11) is 1.59. The summed E-state index contributed by atoms with van der Waals surface area (Å²) in [5.74, 6) is 1.59. The van der Waals surface area contributed by atoms with Gasteiger partial charge < -0.3 is 15.2 Å². The molecule has 2 N–H and O–H groups in total. The third kappa shape index (κ3) is 4.56. The molecule has 0 aliphatic rings. The SMILES string of the molecule is CCC(CCO)CNc1nc(C)cc(OC)n1. The Morgan fingerprint density at radius 2 is 2.24 bits per heavy atom. The van der Waals surface area contributed by atoms with Crippen molar-refractivity contribution in [3.63, 3.8) is 0 Å². The van der Waals surface area contributed by atoms with E-state index in [1.54, 1.807) is 13.2 Å². The normalized spacial score (nSPS) is 12.2. The van der Waals surface area contributed by atoms with E-state index >= 15 is 0 Å². The number of aliphatic hydroxyl groups is 1. The number of methoxy groups -OCH3 is 1. The molecule has 5 nitrogen and oxygen atoms in total. The molecule has 1 unspecified atom stereocenters. The lowest BCUT2D eigenvalue weighted by Crippen LogP contribution is -2.16. The fraction of sp³-hybridized carbons (Fsp3) is 0.667. The average Bonchev–Trinajstić information content (AvgIpc) is 2.33. The molecule has 1 aromatic rings. The van der Waals surface area contributed by atoms with Gasteiger partial charge in [-0.15, -0.1) is 0 Å². The summed E-state index contributed by atoms with van der Waals surface area (Å²) < 4.78 is 5.09. The first-order valence-electron chi connectivity index (χ1n) is 5.94. The monoisotopic (exact) mass is 239 g/mol. The fourth-order valence-electron chi connectivity index (χ4n) is 1.59. The number of anilines is 1. The molecule has 0 aromatic carbocycles. The molecule has 1 rings (SSSR count). The van der Waals surface area contributed by atoms with Gasteiger partial charge in [-0.2, -0.15) is 4.98 Å². The third-order valence-corrected chi connectivity index (χ3v) is 2.70. The Hall–Kier alpha value is -1.36. The second kappa shape index (κ2) is 7.06. The summed E-state index contributed by atoms with van der Waals surface area (Å²) in [6, 6.07) is 1.79. The van der Waals surface area contributed by atoms with Gasteiger partial charge in [0.25, 0.3) is 0 Å². The summed E-state index contributed by atoms with van der Waals surface area (Å²) >= 11 is 0. The third-order valence-electron chi connectivity index (χ3n) is 2.70. The van der Waals surface area contributed by atoms with Crippen molar-refractivity contribution in [2.45, 2.75) is 26.7 Å². The van der Waals surface area contributed by atoms with E-state index in [1.807, 2.05) is 6.92 Å². The summed E-state index contributed by atoms with van der Waals surface area (Å²) in [5.41, 5.74) is 0.870. The van der Waals surface area contributed by atoms with Crippen LogP contribution in [0.2, 0.25) is 0 Å². The molecule has 17 heavy (non-hydrogen) atoms. The molecule has 1 aromatic heterocycles. The Bertz CT molecular complexity index is 345. The van der Waals surface area contributed by atoms with Crippen LogP contribution < -0.4 is 10.1 Å². The van der Waals surface area contributed by atoms with Gasteiger partial charge in [-0.3, -0.25) is 0 Å². The number of ether oxygens (including phenoxy) is 1. The van der Waals surface area contributed by atoms with E-state index in [9.17, 15) is 0 Å². The molecule has 0 aliphatic carbocycles. The van der Waals surface area contributed by atoms with Gasteiger partial charge in [0.05, 0.1) is 7.11 Å². The van der Waals surface area contributed by atoms with Crippen LogP contribution in [0, 0.1) is 12.8 Å². The van der Waals surface area contributed by atoms with E-state index in [1.165, 1.54) is 0 Å². The van der Waals surface area contributed by atoms with Gasteiger partial charge in [-0.25, -0.2) is 4.98 Å². The van der Waals surface area contributed by atoms with Gasteiger partial charge in [0.2, 0.25) is 11.8 Å². The predicted octanol–water partition coefficient (Wildman–Crippen LogP) is 1.61. The number of hydrogen-bond donors (Lipinski definition) is 2. The Morgan fingerprint density at radius 3 is 2.82 bits per heavy atom. The molecule has 0 amide bonds. The fourth-order valence-corrected chi connectivity index (χ4v) is 1.59. The molecular formula is C12H21N3O2. The Kier molecular flexibility index (Phi) is 5.69. The largest absolute Gasteiger partial charge is 0.481 e. The van der Waals surface area contributed by atoms with Gasteiger partial charge in [0.15, 0.2) is 0 Å². The lowest BCUT2D eigenvalue weighted by atomic mass is 10.0. The molecule has 0 spiro atoms. The number of hydrogen-bond acceptors (Lipinski definition) is 5. The maximum absolute atomic E-state index is 8.91. The van der Waals surface area contributed by atoms with E-state index in [-0.39, 0.29) is 6.61 Å². The van der Waals surface area contributed by atoms with Crippen molar-refractivity contribution in [1.82, 2.24) is 9.97 Å². The molecule has 1 atom stereocenters. The van der Waals surface area contributed by atoms with Crippen molar-refractivity contribution in [3.05, 3.63) is 11.8 Å². The van der Waals surface area contributed by atoms with E-state index in [2.05, 4.69) is 22.2 Å². The number of rotatable bonds is 7. The van der Waals surface area contributed by atoms with Gasteiger partial charge in [-0.1, -0.05) is 13.3 Å². The van der Waals surface area contributed by atoms with E-state index in [0.717, 1.165) is 25.1 Å². The first-order valence-corrected chi connectivity index (χ1v) is 5.94. The summed E-state index contributed by atoms with van der Waals surface area (Å²) in [5, 5.41) is 12.1. The quantitative estimate of drug-likeness (QED) is 0.756. The molecule has 1 heterocycles. The summed E-state index contributed by atoms with van der Waals surface area (Å²) in [4.78, 5) is 8.49. The highest BCUT2D eigenvalue weighted by Gasteiger charge is 2.07. The maximum atomic E-state index is 8.91. The van der Waals surface area contributed by atoms with Crippen molar-refractivity contribution in [2.24, 2.45) is 5.92 Å². The van der Waals surface area contributed by atoms with Crippen molar-refractivity contribution >= 4 is 5.95 Å². The molecule has 0 saturated carbocycles. The van der Waals surface area contributed by atoms with E-state index in [4.69, 9.17) is 9.84 Å². The highest BCUT2D eigenvalue weighted by Crippen LogP contribution is 2.13. The molecular weight excluding hydrogens is 218 g/mol. The lowest BCUT2D eigenvalue weighted by Gasteiger charge is -2.14. The zero-order valence-corrected chi connectivity index (χ0v) is 10.7. The number of aryl methyl sites for hydroxylation is 1. The molecule has 0 aliphatic heterocycles. The van der Waals surface area contributed by atoms with Crippen LogP contribution in [-0.4, -0.2) is 35.3 Å².